The number of ether oxygens (including phenoxy) is 3. The summed E-state index contributed by atoms with van der Waals surface area (Å²) < 4.78 is 16.0. The molecular weight excluding hydrogens is 368 g/mol. The van der Waals surface area contributed by atoms with Gasteiger partial charge in [-0.15, -0.1) is 0 Å². The zero-order chi connectivity index (χ0) is 21.8. The molecule has 0 bridgehead atoms. The van der Waals surface area contributed by atoms with E-state index < -0.39 is 12.1 Å². The van der Waals surface area contributed by atoms with Crippen molar-refractivity contribution in [2.24, 2.45) is 0 Å². The van der Waals surface area contributed by atoms with Crippen LogP contribution in [0.1, 0.15) is 70.0 Å². The summed E-state index contributed by atoms with van der Waals surface area (Å²) in [5.74, 6) is -0.00946. The van der Waals surface area contributed by atoms with Crippen LogP contribution in [0.5, 0.6) is 11.5 Å². The zero-order valence-electron chi connectivity index (χ0n) is 18.3. The summed E-state index contributed by atoms with van der Waals surface area (Å²) in [7, 11) is 0. The van der Waals surface area contributed by atoms with Crippen molar-refractivity contribution in [2.75, 3.05) is 6.61 Å². The molecule has 0 spiro atoms. The van der Waals surface area contributed by atoms with Crippen LogP contribution >= 0.6 is 0 Å². The molecule has 2 aromatic carbocycles. The molecule has 0 aliphatic heterocycles. The minimum Gasteiger partial charge on any atom is -0.462 e. The molecule has 0 aromatic heterocycles. The fourth-order valence-corrected chi connectivity index (χ4v) is 3.15. The quantitative estimate of drug-likeness (QED) is 0.464. The SMILES string of the molecule is CCOC(=O)c1ccccc1OC(=O)Oc1cccc(C(C)(C)C)c1C(C)(C)C. The van der Waals surface area contributed by atoms with Crippen LogP contribution in [0.25, 0.3) is 0 Å². The predicted octanol–water partition coefficient (Wildman–Crippen LogP) is 6.04. The Labute approximate surface area is 173 Å². The van der Waals surface area contributed by atoms with Gasteiger partial charge >= 0.3 is 12.1 Å². The predicted molar refractivity (Wildman–Crippen MR) is 113 cm³/mol. The van der Waals surface area contributed by atoms with Crippen molar-refractivity contribution >= 4 is 12.1 Å². The minimum absolute atomic E-state index is 0.0974. The lowest BCUT2D eigenvalue weighted by Crippen LogP contribution is -2.25. The van der Waals surface area contributed by atoms with Gasteiger partial charge in [0.05, 0.1) is 6.61 Å². The number of carbonyl (C=O) groups excluding carboxylic acids is 2. The molecular formula is C24H30O5. The molecule has 0 N–H and O–H groups in total. The largest absolute Gasteiger partial charge is 0.519 e. The lowest BCUT2D eigenvalue weighted by molar-refractivity contribution is 0.0522. The van der Waals surface area contributed by atoms with Gasteiger partial charge in [-0.05, 0) is 41.5 Å². The van der Waals surface area contributed by atoms with Gasteiger partial charge in [-0.25, -0.2) is 9.59 Å². The van der Waals surface area contributed by atoms with E-state index in [9.17, 15) is 9.59 Å². The molecule has 29 heavy (non-hydrogen) atoms. The molecule has 5 nitrogen and oxygen atoms in total. The van der Waals surface area contributed by atoms with Crippen LogP contribution < -0.4 is 9.47 Å². The normalized spacial score (nSPS) is 11.7. The van der Waals surface area contributed by atoms with E-state index in [1.54, 1.807) is 31.2 Å². The Kier molecular flexibility index (Phi) is 6.73. The first-order chi connectivity index (χ1) is 13.4. The molecule has 2 rings (SSSR count). The number of para-hydroxylation sites is 1. The monoisotopic (exact) mass is 398 g/mol. The van der Waals surface area contributed by atoms with Crippen molar-refractivity contribution in [3.63, 3.8) is 0 Å². The van der Waals surface area contributed by atoms with Crippen LogP contribution in [0.4, 0.5) is 4.79 Å². The molecule has 0 atom stereocenters. The molecule has 5 heteroatoms. The second-order valence-corrected chi connectivity index (χ2v) is 8.85. The first-order valence-corrected chi connectivity index (χ1v) is 9.75. The number of hydrogen-bond donors (Lipinski definition) is 0. The average molecular weight is 398 g/mol. The van der Waals surface area contributed by atoms with Gasteiger partial charge in [0.15, 0.2) is 0 Å². The van der Waals surface area contributed by atoms with Crippen LogP contribution in [0.2, 0.25) is 0 Å². The van der Waals surface area contributed by atoms with Gasteiger partial charge < -0.3 is 14.2 Å². The summed E-state index contributed by atoms with van der Waals surface area (Å²) >= 11 is 0. The van der Waals surface area contributed by atoms with Crippen LogP contribution in [-0.4, -0.2) is 18.7 Å². The summed E-state index contributed by atoms with van der Waals surface area (Å²) in [6, 6.07) is 12.1. The number of benzene rings is 2. The molecule has 0 heterocycles. The van der Waals surface area contributed by atoms with Gasteiger partial charge in [-0.1, -0.05) is 65.8 Å². The second-order valence-electron chi connectivity index (χ2n) is 8.85. The van der Waals surface area contributed by atoms with E-state index in [0.717, 1.165) is 11.1 Å². The number of rotatable bonds is 4. The smallest absolute Gasteiger partial charge is 0.462 e. The van der Waals surface area contributed by atoms with Crippen molar-refractivity contribution < 1.29 is 23.8 Å². The van der Waals surface area contributed by atoms with Crippen molar-refractivity contribution in [3.8, 4) is 11.5 Å². The Hall–Kier alpha value is -2.82. The third-order valence-electron chi connectivity index (χ3n) is 4.35. The van der Waals surface area contributed by atoms with Crippen LogP contribution in [0.3, 0.4) is 0 Å². The topological polar surface area (TPSA) is 61.8 Å². The molecule has 0 amide bonds. The molecule has 0 saturated carbocycles. The number of esters is 1. The van der Waals surface area contributed by atoms with E-state index in [4.69, 9.17) is 14.2 Å². The maximum absolute atomic E-state index is 12.6. The number of hydrogen-bond acceptors (Lipinski definition) is 5. The van der Waals surface area contributed by atoms with E-state index in [1.165, 1.54) is 6.07 Å². The van der Waals surface area contributed by atoms with Crippen molar-refractivity contribution in [3.05, 3.63) is 59.2 Å². The second kappa shape index (κ2) is 8.68. The molecule has 0 radical (unpaired) electrons. The molecule has 0 unspecified atom stereocenters. The molecule has 0 aliphatic rings. The highest BCUT2D eigenvalue weighted by Crippen LogP contribution is 2.40. The van der Waals surface area contributed by atoms with Crippen molar-refractivity contribution in [1.82, 2.24) is 0 Å². The highest BCUT2D eigenvalue weighted by molar-refractivity contribution is 5.93. The summed E-state index contributed by atoms with van der Waals surface area (Å²) in [6.45, 7) is 14.5. The lowest BCUT2D eigenvalue weighted by atomic mass is 9.75. The van der Waals surface area contributed by atoms with Gasteiger partial charge in [0.25, 0.3) is 0 Å². The van der Waals surface area contributed by atoms with Crippen molar-refractivity contribution in [2.45, 2.75) is 59.3 Å². The van der Waals surface area contributed by atoms with E-state index in [0.29, 0.717) is 5.75 Å². The highest BCUT2D eigenvalue weighted by Gasteiger charge is 2.29. The van der Waals surface area contributed by atoms with Crippen LogP contribution in [0.15, 0.2) is 42.5 Å². The maximum atomic E-state index is 12.6. The van der Waals surface area contributed by atoms with Gasteiger partial charge in [0.1, 0.15) is 17.1 Å². The van der Waals surface area contributed by atoms with E-state index >= 15 is 0 Å². The Morgan fingerprint density at radius 3 is 1.97 bits per heavy atom. The summed E-state index contributed by atoms with van der Waals surface area (Å²) in [5, 5.41) is 0. The fourth-order valence-electron chi connectivity index (χ4n) is 3.15. The van der Waals surface area contributed by atoms with E-state index in [-0.39, 0.29) is 28.7 Å². The van der Waals surface area contributed by atoms with E-state index in [1.807, 2.05) is 6.07 Å². The lowest BCUT2D eigenvalue weighted by Gasteiger charge is -2.31. The number of carbonyl (C=O) groups is 2. The summed E-state index contributed by atoms with van der Waals surface area (Å²) in [5.41, 5.74) is 1.85. The van der Waals surface area contributed by atoms with Gasteiger partial charge in [-0.2, -0.15) is 0 Å². The van der Waals surface area contributed by atoms with Crippen LogP contribution in [0, 0.1) is 0 Å². The Morgan fingerprint density at radius 1 is 0.793 bits per heavy atom. The van der Waals surface area contributed by atoms with Gasteiger partial charge in [-0.3, -0.25) is 0 Å². The third-order valence-corrected chi connectivity index (χ3v) is 4.35. The Bertz CT molecular complexity index is 885. The molecule has 0 saturated heterocycles. The Morgan fingerprint density at radius 2 is 1.38 bits per heavy atom. The highest BCUT2D eigenvalue weighted by atomic mass is 16.7. The van der Waals surface area contributed by atoms with Crippen LogP contribution in [-0.2, 0) is 15.6 Å². The standard InChI is InChI=1S/C24H30O5/c1-8-27-21(25)16-12-9-10-14-18(16)28-22(26)29-19-15-11-13-17(23(2,3)4)20(19)24(5,6)7/h9-15H,8H2,1-7H3. The average Bonchev–Trinajstić information content (AvgIpc) is 2.60. The summed E-state index contributed by atoms with van der Waals surface area (Å²) in [6.07, 6.45) is -0.904. The van der Waals surface area contributed by atoms with Gasteiger partial charge in [0.2, 0.25) is 0 Å². The molecule has 156 valence electrons. The zero-order valence-corrected chi connectivity index (χ0v) is 18.3. The maximum Gasteiger partial charge on any atom is 0.519 e. The van der Waals surface area contributed by atoms with E-state index in [2.05, 4.69) is 47.6 Å². The third kappa shape index (κ3) is 5.59. The first kappa shape index (κ1) is 22.5. The Balaban J connectivity index is 2.35. The minimum atomic E-state index is -0.904. The molecule has 2 aromatic rings. The van der Waals surface area contributed by atoms with Gasteiger partial charge in [0, 0.05) is 5.56 Å². The fraction of sp³-hybridized carbons (Fsp3) is 0.417. The molecule has 0 aliphatic carbocycles. The first-order valence-electron chi connectivity index (χ1n) is 9.75. The molecule has 0 fully saturated rings. The summed E-state index contributed by atoms with van der Waals surface area (Å²) in [4.78, 5) is 24.6. The van der Waals surface area contributed by atoms with Crippen molar-refractivity contribution in [1.29, 1.82) is 0 Å².